The number of rotatable bonds is 6. The highest BCUT2D eigenvalue weighted by molar-refractivity contribution is 6.01. The van der Waals surface area contributed by atoms with Crippen molar-refractivity contribution in [3.63, 3.8) is 0 Å². The average Bonchev–Trinajstić information content (AvgIpc) is 3.09. The molecule has 0 radical (unpaired) electrons. The van der Waals surface area contributed by atoms with Crippen LogP contribution in [-0.4, -0.2) is 44.5 Å². The summed E-state index contributed by atoms with van der Waals surface area (Å²) in [5.41, 5.74) is 1.04. The van der Waals surface area contributed by atoms with Crippen molar-refractivity contribution >= 4 is 17.5 Å². The van der Waals surface area contributed by atoms with E-state index in [4.69, 9.17) is 9.47 Å². The number of hydrogen-bond acceptors (Lipinski definition) is 4. The molecule has 1 atom stereocenters. The van der Waals surface area contributed by atoms with Gasteiger partial charge in [-0.25, -0.2) is 4.39 Å². The Morgan fingerprint density at radius 3 is 2.64 bits per heavy atom. The molecule has 7 heteroatoms. The standard InChI is InChI=1S/C21H23FN2O4/c1-23(12-14-6-4-5-7-17(14)22)21(26)15-10-20(25)24(13-15)18-9-8-16(27-2)11-19(18)28-3/h4-9,11,15H,10,12-13H2,1-3H3. The number of amides is 2. The first kappa shape index (κ1) is 19.7. The highest BCUT2D eigenvalue weighted by Gasteiger charge is 2.37. The maximum Gasteiger partial charge on any atom is 0.228 e. The zero-order valence-electron chi connectivity index (χ0n) is 16.1. The number of hydrogen-bond donors (Lipinski definition) is 0. The zero-order chi connectivity index (χ0) is 20.3. The van der Waals surface area contributed by atoms with Gasteiger partial charge in [-0.15, -0.1) is 0 Å². The van der Waals surface area contributed by atoms with Crippen LogP contribution in [0.5, 0.6) is 11.5 Å². The van der Waals surface area contributed by atoms with Crippen molar-refractivity contribution in [1.82, 2.24) is 4.90 Å². The van der Waals surface area contributed by atoms with Crippen LogP contribution in [0, 0.1) is 11.7 Å². The largest absolute Gasteiger partial charge is 0.497 e. The third-order valence-corrected chi connectivity index (χ3v) is 4.89. The molecule has 0 N–H and O–H groups in total. The molecule has 1 fully saturated rings. The van der Waals surface area contributed by atoms with Gasteiger partial charge in [-0.05, 0) is 18.2 Å². The number of benzene rings is 2. The lowest BCUT2D eigenvalue weighted by Gasteiger charge is -2.22. The number of methoxy groups -OCH3 is 2. The van der Waals surface area contributed by atoms with Gasteiger partial charge in [-0.3, -0.25) is 9.59 Å². The molecule has 1 aliphatic rings. The second-order valence-electron chi connectivity index (χ2n) is 6.73. The van der Waals surface area contributed by atoms with Crippen LogP contribution in [0.2, 0.25) is 0 Å². The molecule has 148 valence electrons. The van der Waals surface area contributed by atoms with Crippen molar-refractivity contribution in [2.24, 2.45) is 5.92 Å². The van der Waals surface area contributed by atoms with Gasteiger partial charge in [-0.1, -0.05) is 18.2 Å². The molecule has 6 nitrogen and oxygen atoms in total. The summed E-state index contributed by atoms with van der Waals surface area (Å²) < 4.78 is 24.4. The van der Waals surface area contributed by atoms with Gasteiger partial charge < -0.3 is 19.3 Å². The lowest BCUT2D eigenvalue weighted by molar-refractivity contribution is -0.135. The molecule has 2 aromatic rings. The van der Waals surface area contributed by atoms with Crippen molar-refractivity contribution in [3.8, 4) is 11.5 Å². The molecule has 0 aliphatic carbocycles. The van der Waals surface area contributed by atoms with Crippen LogP contribution in [0.4, 0.5) is 10.1 Å². The predicted molar refractivity (Wildman–Crippen MR) is 103 cm³/mol. The highest BCUT2D eigenvalue weighted by atomic mass is 19.1. The van der Waals surface area contributed by atoms with Crippen molar-refractivity contribution < 1.29 is 23.5 Å². The summed E-state index contributed by atoms with van der Waals surface area (Å²) in [7, 11) is 4.69. The molecule has 0 bridgehead atoms. The minimum Gasteiger partial charge on any atom is -0.497 e. The molecule has 2 aromatic carbocycles. The Morgan fingerprint density at radius 2 is 1.96 bits per heavy atom. The maximum absolute atomic E-state index is 13.9. The Bertz CT molecular complexity index is 886. The Morgan fingerprint density at radius 1 is 1.21 bits per heavy atom. The third-order valence-electron chi connectivity index (χ3n) is 4.89. The van der Waals surface area contributed by atoms with Gasteiger partial charge in [0.05, 0.1) is 25.8 Å². The summed E-state index contributed by atoms with van der Waals surface area (Å²) in [5, 5.41) is 0. The summed E-state index contributed by atoms with van der Waals surface area (Å²) in [6.45, 7) is 0.407. The Labute approximate surface area is 163 Å². The molecular weight excluding hydrogens is 363 g/mol. The van der Waals surface area contributed by atoms with Crippen molar-refractivity contribution in [1.29, 1.82) is 0 Å². The van der Waals surface area contributed by atoms with E-state index in [2.05, 4.69) is 0 Å². The average molecular weight is 386 g/mol. The Balaban J connectivity index is 1.73. The first-order chi connectivity index (χ1) is 13.4. The van der Waals surface area contributed by atoms with E-state index in [1.54, 1.807) is 55.5 Å². The van der Waals surface area contributed by atoms with Gasteiger partial charge in [-0.2, -0.15) is 0 Å². The van der Waals surface area contributed by atoms with Crippen LogP contribution in [0.25, 0.3) is 0 Å². The van der Waals surface area contributed by atoms with Crippen molar-refractivity contribution in [3.05, 3.63) is 53.8 Å². The molecule has 1 unspecified atom stereocenters. The fraction of sp³-hybridized carbons (Fsp3) is 0.333. The number of nitrogens with zero attached hydrogens (tertiary/aromatic N) is 2. The van der Waals surface area contributed by atoms with Crippen LogP contribution in [-0.2, 0) is 16.1 Å². The minimum absolute atomic E-state index is 0.107. The second kappa shape index (κ2) is 8.29. The van der Waals surface area contributed by atoms with Crippen LogP contribution in [0.15, 0.2) is 42.5 Å². The van der Waals surface area contributed by atoms with Gasteiger partial charge in [0.2, 0.25) is 11.8 Å². The summed E-state index contributed by atoms with van der Waals surface area (Å²) in [5.74, 6) is -0.0666. The monoisotopic (exact) mass is 386 g/mol. The molecule has 0 spiro atoms. The quantitative estimate of drug-likeness (QED) is 0.766. The lowest BCUT2D eigenvalue weighted by Crippen LogP contribution is -2.34. The SMILES string of the molecule is COc1ccc(N2CC(C(=O)N(C)Cc3ccccc3F)CC2=O)c(OC)c1. The van der Waals surface area contributed by atoms with E-state index in [-0.39, 0.29) is 37.1 Å². The van der Waals surface area contributed by atoms with E-state index >= 15 is 0 Å². The molecule has 3 rings (SSSR count). The van der Waals surface area contributed by atoms with Gasteiger partial charge in [0.1, 0.15) is 17.3 Å². The number of ether oxygens (including phenoxy) is 2. The first-order valence-corrected chi connectivity index (χ1v) is 8.95. The molecule has 2 amide bonds. The van der Waals surface area contributed by atoms with E-state index in [0.717, 1.165) is 0 Å². The third kappa shape index (κ3) is 3.93. The highest BCUT2D eigenvalue weighted by Crippen LogP contribution is 2.36. The van der Waals surface area contributed by atoms with Gasteiger partial charge in [0, 0.05) is 38.2 Å². The summed E-state index contributed by atoms with van der Waals surface area (Å²) in [6.07, 6.45) is 0.107. The fourth-order valence-corrected chi connectivity index (χ4v) is 3.39. The summed E-state index contributed by atoms with van der Waals surface area (Å²) in [4.78, 5) is 28.4. The number of carbonyl (C=O) groups excluding carboxylic acids is 2. The van der Waals surface area contributed by atoms with E-state index in [1.807, 2.05) is 0 Å². The van der Waals surface area contributed by atoms with Crippen LogP contribution in [0.3, 0.4) is 0 Å². The van der Waals surface area contributed by atoms with Crippen LogP contribution >= 0.6 is 0 Å². The molecule has 1 heterocycles. The van der Waals surface area contributed by atoms with E-state index in [1.165, 1.54) is 18.1 Å². The van der Waals surface area contributed by atoms with Crippen molar-refractivity contribution in [2.75, 3.05) is 32.7 Å². The normalized spacial score (nSPS) is 16.2. The number of halogens is 1. The minimum atomic E-state index is -0.490. The summed E-state index contributed by atoms with van der Waals surface area (Å²) in [6, 6.07) is 11.5. The fourth-order valence-electron chi connectivity index (χ4n) is 3.39. The lowest BCUT2D eigenvalue weighted by atomic mass is 10.1. The van der Waals surface area contributed by atoms with E-state index < -0.39 is 5.92 Å². The molecule has 28 heavy (non-hydrogen) atoms. The van der Waals surface area contributed by atoms with E-state index in [0.29, 0.717) is 22.7 Å². The second-order valence-corrected chi connectivity index (χ2v) is 6.73. The van der Waals surface area contributed by atoms with Gasteiger partial charge in [0.25, 0.3) is 0 Å². The molecular formula is C21H23FN2O4. The molecule has 1 saturated heterocycles. The van der Waals surface area contributed by atoms with Gasteiger partial charge in [0.15, 0.2) is 0 Å². The number of anilines is 1. The molecule has 1 aliphatic heterocycles. The smallest absolute Gasteiger partial charge is 0.228 e. The zero-order valence-corrected chi connectivity index (χ0v) is 16.1. The molecule has 0 aromatic heterocycles. The van der Waals surface area contributed by atoms with Gasteiger partial charge >= 0.3 is 0 Å². The maximum atomic E-state index is 13.9. The summed E-state index contributed by atoms with van der Waals surface area (Å²) >= 11 is 0. The predicted octanol–water partition coefficient (Wildman–Crippen LogP) is 2.85. The Hall–Kier alpha value is -3.09. The van der Waals surface area contributed by atoms with Crippen LogP contribution in [0.1, 0.15) is 12.0 Å². The number of carbonyl (C=O) groups is 2. The molecule has 0 saturated carbocycles. The van der Waals surface area contributed by atoms with E-state index in [9.17, 15) is 14.0 Å². The first-order valence-electron chi connectivity index (χ1n) is 8.95. The Kier molecular flexibility index (Phi) is 5.82. The van der Waals surface area contributed by atoms with Crippen molar-refractivity contribution in [2.45, 2.75) is 13.0 Å². The van der Waals surface area contributed by atoms with Crippen LogP contribution < -0.4 is 14.4 Å². The topological polar surface area (TPSA) is 59.1 Å².